The largest absolute Gasteiger partial charge is 0.906 e. The lowest BCUT2D eigenvalue weighted by molar-refractivity contribution is -0.0853. The van der Waals surface area contributed by atoms with Crippen molar-refractivity contribution in [3.63, 3.8) is 0 Å². The molecule has 0 spiro atoms. The van der Waals surface area contributed by atoms with E-state index >= 15 is 0 Å². The maximum atomic E-state index is 7.40. The van der Waals surface area contributed by atoms with Crippen LogP contribution < -0.4 is 16.0 Å². The van der Waals surface area contributed by atoms with Crippen LogP contribution in [0.5, 0.6) is 0 Å². The van der Waals surface area contributed by atoms with Crippen molar-refractivity contribution in [3.8, 4) is 0 Å². The van der Waals surface area contributed by atoms with Crippen molar-refractivity contribution in [2.24, 2.45) is 53.3 Å². The molecule has 6 saturated carbocycles. The minimum Gasteiger partial charge on any atom is -0.450 e. The summed E-state index contributed by atoms with van der Waals surface area (Å²) in [4.78, 5) is 0. The van der Waals surface area contributed by atoms with Gasteiger partial charge in [0.2, 0.25) is 0 Å². The van der Waals surface area contributed by atoms with Crippen LogP contribution in [0.2, 0.25) is 0 Å². The average molecular weight is 652 g/mol. The van der Waals surface area contributed by atoms with Gasteiger partial charge in [-0.05, 0) is 150 Å². The maximum absolute atomic E-state index is 7.40. The Bertz CT molecular complexity index is 895. The molecule has 46 heavy (non-hydrogen) atoms. The lowest BCUT2D eigenvalue weighted by atomic mass is 9.63. The number of piperidine rings is 3. The molecule has 3 heterocycles. The minimum atomic E-state index is -2.39. The zero-order chi connectivity index (χ0) is 30.5. The van der Waals surface area contributed by atoms with E-state index in [1.807, 2.05) is 0 Å². The molecule has 15 atom stereocenters. The molecule has 3 saturated heterocycles. The molecule has 258 valence electrons. The van der Waals surface area contributed by atoms with Crippen LogP contribution in [-0.4, -0.2) is 71.2 Å². The Morgan fingerprint density at radius 1 is 0.326 bits per heavy atom. The van der Waals surface area contributed by atoms with Crippen LogP contribution in [0.25, 0.3) is 0 Å². The monoisotopic (exact) mass is 651 g/mol. The van der Waals surface area contributed by atoms with Crippen molar-refractivity contribution in [2.75, 3.05) is 19.6 Å². The fourth-order valence-corrected chi connectivity index (χ4v) is 15.8. The Kier molecular flexibility index (Phi) is 10.2. The molecule has 6 aliphatic carbocycles. The summed E-state index contributed by atoms with van der Waals surface area (Å²) in [6, 6.07) is 1.50. The zero-order valence-corrected chi connectivity index (χ0v) is 30.1. The van der Waals surface area contributed by atoms with E-state index in [0.29, 0.717) is 18.1 Å². The van der Waals surface area contributed by atoms with Crippen LogP contribution in [0.1, 0.15) is 135 Å². The highest BCUT2D eigenvalue weighted by molar-refractivity contribution is 6.36. The Balaban J connectivity index is 0.941. The van der Waals surface area contributed by atoms with E-state index in [0.717, 1.165) is 53.3 Å². The van der Waals surface area contributed by atoms with E-state index in [4.69, 9.17) is 11.4 Å². The summed E-state index contributed by atoms with van der Waals surface area (Å²) >= 11 is -2.39. The number of rotatable bonds is 6. The van der Waals surface area contributed by atoms with Crippen molar-refractivity contribution < 1.29 is 11.4 Å². The Morgan fingerprint density at radius 2 is 0.630 bits per heavy atom. The van der Waals surface area contributed by atoms with E-state index in [9.17, 15) is 0 Å². The molecule has 9 aliphatic rings. The fourth-order valence-electron chi connectivity index (χ4n) is 13.9. The van der Waals surface area contributed by atoms with E-state index < -0.39 is 15.1 Å². The van der Waals surface area contributed by atoms with Crippen molar-refractivity contribution in [3.05, 3.63) is 0 Å². The van der Waals surface area contributed by atoms with Crippen LogP contribution in [-0.2, 0) is 11.4 Å². The van der Waals surface area contributed by atoms with Gasteiger partial charge >= 0.3 is 15.1 Å². The highest BCUT2D eigenvalue weighted by Gasteiger charge is 2.53. The van der Waals surface area contributed by atoms with Crippen molar-refractivity contribution in [1.29, 1.82) is 0 Å². The van der Waals surface area contributed by atoms with Crippen LogP contribution in [0.15, 0.2) is 0 Å². The van der Waals surface area contributed by atoms with Crippen molar-refractivity contribution >= 4 is 15.1 Å². The Labute approximate surface area is 285 Å². The second-order valence-electron chi connectivity index (χ2n) is 18.0. The molecule has 0 bridgehead atoms. The van der Waals surface area contributed by atoms with E-state index in [-0.39, 0.29) is 18.3 Å². The third-order valence-corrected chi connectivity index (χ3v) is 17.6. The number of fused-ring (bicyclic) bond motifs is 9. The van der Waals surface area contributed by atoms with Gasteiger partial charge in [0.25, 0.3) is 0 Å². The van der Waals surface area contributed by atoms with E-state index in [1.54, 1.807) is 0 Å². The van der Waals surface area contributed by atoms with Gasteiger partial charge in [0.15, 0.2) is 0 Å². The molecule has 3 aliphatic heterocycles. The number of nitrogens with one attached hydrogen (secondary N) is 3. The summed E-state index contributed by atoms with van der Waals surface area (Å²) in [5.74, 6) is 7.80. The van der Waals surface area contributed by atoms with Crippen LogP contribution in [0.3, 0.4) is 0 Å². The molecule has 3 N–H and O–H groups in total. The molecule has 0 aromatic carbocycles. The second kappa shape index (κ2) is 14.5. The lowest BCUT2D eigenvalue weighted by Crippen LogP contribution is -2.63. The molecule has 7 heteroatoms. The predicted octanol–water partition coefficient (Wildman–Crippen LogP) is 6.86. The summed E-state index contributed by atoms with van der Waals surface area (Å²) in [7, 11) is 0. The van der Waals surface area contributed by atoms with Crippen LogP contribution >= 0.6 is 0 Å². The summed E-state index contributed by atoms with van der Waals surface area (Å²) in [5.41, 5.74) is 0. The fraction of sp³-hybridized carbons (Fsp3) is 1.00. The van der Waals surface area contributed by atoms with Gasteiger partial charge in [-0.25, -0.2) is 0 Å². The third kappa shape index (κ3) is 6.36. The molecule has 15 unspecified atom stereocenters. The first-order valence-corrected chi connectivity index (χ1v) is 22.4. The van der Waals surface area contributed by atoms with E-state index in [2.05, 4.69) is 16.0 Å². The van der Waals surface area contributed by atoms with Crippen molar-refractivity contribution in [2.45, 2.75) is 171 Å². The van der Waals surface area contributed by atoms with Gasteiger partial charge in [-0.2, -0.15) is 0 Å². The van der Waals surface area contributed by atoms with Gasteiger partial charge in [-0.15, -0.1) is 0 Å². The quantitative estimate of drug-likeness (QED) is 0.273. The molecule has 9 fully saturated rings. The molecule has 0 aromatic heterocycles. The second-order valence-corrected chi connectivity index (χ2v) is 19.4. The maximum Gasteiger partial charge on any atom is 0.906 e. The standard InChI is InChI=1S/3C13H22NO.Al/c3*15-12-7-3-6-11-10-5-2-1-4-9(10)8-14-13(11)12;/h3*9-14H,1-8H2;/q3*-1;+3. The SMILES string of the molecule is C1CCC2C(C1)CNC1C([O][Al]([O]C3CCCC4C5CCCCC5CNC34)[O]C3CCCC4C5CCCCC5CNC34)CCCC21. The topological polar surface area (TPSA) is 63.8 Å². The first-order valence-electron chi connectivity index (χ1n) is 21.0. The van der Waals surface area contributed by atoms with Gasteiger partial charge in [-0.1, -0.05) is 57.8 Å². The summed E-state index contributed by atoms with van der Waals surface area (Å²) in [6.45, 7) is 3.62. The zero-order valence-electron chi connectivity index (χ0n) is 28.9. The minimum absolute atomic E-state index is 0.265. The number of hydrogen-bond acceptors (Lipinski definition) is 6. The van der Waals surface area contributed by atoms with Crippen molar-refractivity contribution in [1.82, 2.24) is 16.0 Å². The Hall–Kier alpha value is 0.292. The molecule has 9 rings (SSSR count). The molecule has 0 radical (unpaired) electrons. The molecular weight excluding hydrogens is 585 g/mol. The highest BCUT2D eigenvalue weighted by Crippen LogP contribution is 2.48. The van der Waals surface area contributed by atoms with Gasteiger partial charge in [0.1, 0.15) is 0 Å². The van der Waals surface area contributed by atoms with Gasteiger partial charge in [0, 0.05) is 36.4 Å². The van der Waals surface area contributed by atoms with Crippen LogP contribution in [0.4, 0.5) is 0 Å². The smallest absolute Gasteiger partial charge is 0.450 e. The normalized spacial score (nSPS) is 50.5. The number of hydrogen-bond donors (Lipinski definition) is 3. The molecular formula is C39H66AlN3O3. The summed E-state index contributed by atoms with van der Waals surface area (Å²) in [6.07, 6.45) is 29.8. The first-order chi connectivity index (χ1) is 22.8. The molecule has 6 nitrogen and oxygen atoms in total. The molecule has 0 aromatic rings. The van der Waals surface area contributed by atoms with Gasteiger partial charge < -0.3 is 27.3 Å². The summed E-state index contributed by atoms with van der Waals surface area (Å²) in [5, 5.41) is 12.3. The van der Waals surface area contributed by atoms with Gasteiger partial charge in [-0.3, -0.25) is 0 Å². The average Bonchev–Trinajstić information content (AvgIpc) is 3.11. The van der Waals surface area contributed by atoms with E-state index in [1.165, 1.54) is 154 Å². The third-order valence-electron chi connectivity index (χ3n) is 15.9. The highest BCUT2D eigenvalue weighted by atomic mass is 27.3. The summed E-state index contributed by atoms with van der Waals surface area (Å²) < 4.78 is 22.2. The Morgan fingerprint density at radius 3 is 0.978 bits per heavy atom. The van der Waals surface area contributed by atoms with Crippen LogP contribution in [0, 0.1) is 53.3 Å². The first kappa shape index (κ1) is 32.2. The lowest BCUT2D eigenvalue weighted by Gasteiger charge is -2.53. The van der Waals surface area contributed by atoms with Gasteiger partial charge in [0.05, 0.1) is 0 Å². The molecule has 0 amide bonds. The predicted molar refractivity (Wildman–Crippen MR) is 184 cm³/mol.